The predicted octanol–water partition coefficient (Wildman–Crippen LogP) is 10.6. The van der Waals surface area contributed by atoms with Gasteiger partial charge in [0.15, 0.2) is 6.10 Å². The van der Waals surface area contributed by atoms with Gasteiger partial charge in [0.25, 0.3) is 0 Å². The van der Waals surface area contributed by atoms with Gasteiger partial charge in [0.2, 0.25) is 0 Å². The van der Waals surface area contributed by atoms with Crippen molar-refractivity contribution in [2.24, 2.45) is 0 Å². The van der Waals surface area contributed by atoms with Gasteiger partial charge in [-0.15, -0.1) is 0 Å². The largest absolute Gasteiger partial charge is 0.462 e. The third-order valence-electron chi connectivity index (χ3n) is 7.35. The average Bonchev–Trinajstić information content (AvgIpc) is 3.02. The Hall–Kier alpha value is -1.36. The minimum absolute atomic E-state index is 0.114. The number of unbranched alkanes of at least 4 members (excludes halogenated alkanes) is 19. The highest BCUT2D eigenvalue weighted by Crippen LogP contribution is 2.13. The number of aliphatic hydroxyl groups is 1. The van der Waals surface area contributed by atoms with Crippen LogP contribution in [0, 0.1) is 0 Å². The zero-order valence-electron chi connectivity index (χ0n) is 33.4. The number of rotatable bonds is 32. The van der Waals surface area contributed by atoms with Crippen LogP contribution in [0.25, 0.3) is 0 Å². The minimum atomic E-state index is -2.99. The van der Waals surface area contributed by atoms with Crippen molar-refractivity contribution in [2.45, 2.75) is 193 Å². The zero-order chi connectivity index (χ0) is 36.2. The predicted molar refractivity (Wildman–Crippen MR) is 173 cm³/mol. The molecular weight excluding hydrogens is 512 g/mol. The van der Waals surface area contributed by atoms with E-state index in [-0.39, 0.29) is 38.0 Å². The normalized spacial score (nSPS) is 15.7. The molecule has 5 heteroatoms. The molecule has 41 heavy (non-hydrogen) atoms. The maximum absolute atomic E-state index is 12.1. The number of aliphatic hydroxyl groups excluding tert-OH is 1. The van der Waals surface area contributed by atoms with Gasteiger partial charge in [-0.3, -0.25) is 9.59 Å². The summed E-state index contributed by atoms with van der Waals surface area (Å²) in [4.78, 5) is 24.2. The summed E-state index contributed by atoms with van der Waals surface area (Å²) in [5.41, 5.74) is 0. The lowest BCUT2D eigenvalue weighted by molar-refractivity contribution is -0.161. The molecule has 0 unspecified atom stereocenters. The summed E-state index contributed by atoms with van der Waals surface area (Å²) in [5, 5.41) is 9.52. The van der Waals surface area contributed by atoms with Gasteiger partial charge in [-0.2, -0.15) is 0 Å². The summed E-state index contributed by atoms with van der Waals surface area (Å²) in [5.74, 6) is -0.703. The van der Waals surface area contributed by atoms with Crippen LogP contribution in [0.15, 0.2) is 12.2 Å². The monoisotopic (exact) mass is 588 g/mol. The third-order valence-corrected chi connectivity index (χ3v) is 7.35. The maximum atomic E-state index is 12.1. The van der Waals surface area contributed by atoms with Crippen molar-refractivity contribution in [1.29, 1.82) is 0 Å². The fourth-order valence-electron chi connectivity index (χ4n) is 4.75. The average molecular weight is 588 g/mol. The second-order valence-electron chi connectivity index (χ2n) is 11.3. The Morgan fingerprint density at radius 1 is 0.683 bits per heavy atom. The van der Waals surface area contributed by atoms with Crippen LogP contribution in [0.5, 0.6) is 0 Å². The van der Waals surface area contributed by atoms with Gasteiger partial charge in [0.05, 0.1) is 6.61 Å². The molecule has 0 aliphatic rings. The molecule has 0 saturated heterocycles. The Morgan fingerprint density at radius 3 is 1.66 bits per heavy atom. The maximum Gasteiger partial charge on any atom is 0.306 e. The standard InChI is InChI=1S/C36H68O5/c1-3-5-7-9-11-13-15-17-18-19-21-23-25-27-29-31-36(39)41-34(32-37)33-40-35(38)30-28-26-24-22-20-16-14-12-10-8-6-4-2/h17-18,34,37H,3-16,19-33H2,1-2H3/b18-17-/t34-/m0/s1/i1D3,3D2,5D2. The Labute approximate surface area is 264 Å². The van der Waals surface area contributed by atoms with Crippen LogP contribution in [-0.2, 0) is 19.1 Å². The Balaban J connectivity index is 3.72. The first kappa shape index (κ1) is 28.4. The van der Waals surface area contributed by atoms with E-state index in [9.17, 15) is 14.7 Å². The molecule has 0 rings (SSSR count). The van der Waals surface area contributed by atoms with E-state index >= 15 is 0 Å². The van der Waals surface area contributed by atoms with Gasteiger partial charge >= 0.3 is 11.9 Å². The molecule has 5 nitrogen and oxygen atoms in total. The number of carbonyl (C=O) groups is 2. The lowest BCUT2D eigenvalue weighted by Crippen LogP contribution is -2.28. The van der Waals surface area contributed by atoms with Crippen molar-refractivity contribution >= 4 is 11.9 Å². The van der Waals surface area contributed by atoms with Crippen LogP contribution in [0.2, 0.25) is 0 Å². The van der Waals surface area contributed by atoms with Crippen molar-refractivity contribution in [1.82, 2.24) is 0 Å². The molecule has 0 aromatic heterocycles. The minimum Gasteiger partial charge on any atom is -0.462 e. The number of esters is 2. The van der Waals surface area contributed by atoms with Gasteiger partial charge in [-0.25, -0.2) is 0 Å². The summed E-state index contributed by atoms with van der Waals surface area (Å²) in [7, 11) is 0. The van der Waals surface area contributed by atoms with E-state index < -0.39 is 25.7 Å². The fourth-order valence-corrected chi connectivity index (χ4v) is 4.75. The van der Waals surface area contributed by atoms with E-state index in [1.54, 1.807) is 0 Å². The quantitative estimate of drug-likeness (QED) is 0.0481. The number of carbonyl (C=O) groups excluding carboxylic acids is 2. The highest BCUT2D eigenvalue weighted by atomic mass is 16.6. The van der Waals surface area contributed by atoms with Crippen LogP contribution in [0.3, 0.4) is 0 Å². The van der Waals surface area contributed by atoms with E-state index in [4.69, 9.17) is 19.1 Å². The Kier molecular flexibility index (Phi) is 23.0. The molecule has 0 aliphatic heterocycles. The molecule has 1 N–H and O–H groups in total. The molecule has 1 atom stereocenters. The van der Waals surface area contributed by atoms with E-state index in [2.05, 4.69) is 19.1 Å². The van der Waals surface area contributed by atoms with E-state index in [0.29, 0.717) is 25.7 Å². The number of ether oxygens (including phenoxy) is 2. The fraction of sp³-hybridized carbons (Fsp3) is 0.889. The topological polar surface area (TPSA) is 72.8 Å². The Bertz CT molecular complexity index is 834. The van der Waals surface area contributed by atoms with Gasteiger partial charge in [-0.05, 0) is 38.5 Å². The van der Waals surface area contributed by atoms with Gasteiger partial charge in [-0.1, -0.05) is 148 Å². The first-order valence-corrected chi connectivity index (χ1v) is 16.9. The number of allylic oxidation sites excluding steroid dienone is 2. The molecule has 0 radical (unpaired) electrons. The molecule has 0 heterocycles. The van der Waals surface area contributed by atoms with E-state index in [0.717, 1.165) is 64.2 Å². The second kappa shape index (κ2) is 33.1. The molecule has 0 saturated carbocycles. The summed E-state index contributed by atoms with van der Waals surface area (Å²) in [6.07, 6.45) is 21.9. The molecule has 0 aromatic carbocycles. The van der Waals surface area contributed by atoms with Crippen molar-refractivity contribution in [3.63, 3.8) is 0 Å². The first-order valence-electron chi connectivity index (χ1n) is 20.4. The molecular formula is C36H68O5. The van der Waals surface area contributed by atoms with Crippen LogP contribution in [-0.4, -0.2) is 36.4 Å². The van der Waals surface area contributed by atoms with Crippen LogP contribution in [0.4, 0.5) is 0 Å². The van der Waals surface area contributed by atoms with Crippen LogP contribution < -0.4 is 0 Å². The summed E-state index contributed by atoms with van der Waals surface area (Å²) >= 11 is 0. The first-order chi connectivity index (χ1) is 22.8. The number of hydrogen-bond acceptors (Lipinski definition) is 5. The lowest BCUT2D eigenvalue weighted by Gasteiger charge is -2.15. The van der Waals surface area contributed by atoms with Gasteiger partial charge in [0, 0.05) is 22.4 Å². The van der Waals surface area contributed by atoms with Crippen LogP contribution in [0.1, 0.15) is 197 Å². The third kappa shape index (κ3) is 31.4. The SMILES string of the molecule is [2H]C([2H])([2H])C([2H])([2H])C([2H])([2H])CCCCC/C=C\CCCCCCCC(=O)O[C@@H](CO)COC(=O)CCCCCCCCCCCCCC. The van der Waals surface area contributed by atoms with E-state index in [1.165, 1.54) is 57.8 Å². The molecule has 0 aliphatic carbocycles. The molecule has 0 amide bonds. The highest BCUT2D eigenvalue weighted by Gasteiger charge is 2.16. The molecule has 0 aromatic rings. The van der Waals surface area contributed by atoms with Crippen molar-refractivity contribution in [2.75, 3.05) is 13.2 Å². The smallest absolute Gasteiger partial charge is 0.306 e. The molecule has 242 valence electrons. The summed E-state index contributed by atoms with van der Waals surface area (Å²) in [6.45, 7) is -1.24. The van der Waals surface area contributed by atoms with Crippen molar-refractivity contribution in [3.8, 4) is 0 Å². The lowest BCUT2D eigenvalue weighted by atomic mass is 10.0. The van der Waals surface area contributed by atoms with Gasteiger partial charge < -0.3 is 14.6 Å². The molecule has 0 bridgehead atoms. The zero-order valence-corrected chi connectivity index (χ0v) is 26.4. The summed E-state index contributed by atoms with van der Waals surface area (Å²) in [6, 6.07) is 0. The number of hydrogen-bond donors (Lipinski definition) is 1. The van der Waals surface area contributed by atoms with Crippen molar-refractivity contribution < 1.29 is 33.8 Å². The van der Waals surface area contributed by atoms with Gasteiger partial charge in [0.1, 0.15) is 6.61 Å². The van der Waals surface area contributed by atoms with Crippen molar-refractivity contribution in [3.05, 3.63) is 12.2 Å². The Morgan fingerprint density at radius 2 is 1.15 bits per heavy atom. The van der Waals surface area contributed by atoms with Crippen LogP contribution >= 0.6 is 0 Å². The highest BCUT2D eigenvalue weighted by molar-refractivity contribution is 5.70. The molecule has 0 spiro atoms. The summed E-state index contributed by atoms with van der Waals surface area (Å²) < 4.78 is 63.2. The van der Waals surface area contributed by atoms with E-state index in [1.807, 2.05) is 0 Å². The molecule has 0 fully saturated rings. The second-order valence-corrected chi connectivity index (χ2v) is 11.3.